The van der Waals surface area contributed by atoms with Crippen LogP contribution >= 0.6 is 0 Å². The van der Waals surface area contributed by atoms with Crippen LogP contribution in [0.4, 0.5) is 10.5 Å². The summed E-state index contributed by atoms with van der Waals surface area (Å²) in [4.78, 5) is 14.8. The van der Waals surface area contributed by atoms with E-state index in [0.717, 1.165) is 49.6 Å². The average molecular weight is 379 g/mol. The molecular formula is C21H25N5O2. The first-order valence-corrected chi connectivity index (χ1v) is 9.66. The topological polar surface area (TPSA) is 75.3 Å². The highest BCUT2D eigenvalue weighted by atomic mass is 16.3. The van der Waals surface area contributed by atoms with Crippen molar-refractivity contribution in [2.45, 2.75) is 19.4 Å². The first kappa shape index (κ1) is 18.3. The maximum absolute atomic E-state index is 12.4. The quantitative estimate of drug-likeness (QED) is 0.687. The highest BCUT2D eigenvalue weighted by Gasteiger charge is 2.21. The van der Waals surface area contributed by atoms with Crippen molar-refractivity contribution >= 4 is 11.7 Å². The molecule has 1 atom stereocenters. The minimum Gasteiger partial charge on any atom is -0.468 e. The van der Waals surface area contributed by atoms with E-state index in [2.05, 4.69) is 20.6 Å². The van der Waals surface area contributed by atoms with Crippen molar-refractivity contribution in [2.24, 2.45) is 5.92 Å². The summed E-state index contributed by atoms with van der Waals surface area (Å²) in [6.45, 7) is 3.52. The van der Waals surface area contributed by atoms with E-state index in [1.807, 2.05) is 48.7 Å². The molecule has 1 aromatic carbocycles. The Morgan fingerprint density at radius 2 is 2.14 bits per heavy atom. The molecule has 146 valence electrons. The second kappa shape index (κ2) is 8.75. The van der Waals surface area contributed by atoms with Gasteiger partial charge in [-0.1, -0.05) is 12.1 Å². The number of rotatable bonds is 6. The summed E-state index contributed by atoms with van der Waals surface area (Å²) in [5, 5.41) is 10.2. The van der Waals surface area contributed by atoms with Gasteiger partial charge >= 0.3 is 6.03 Å². The minimum absolute atomic E-state index is 0.192. The fraction of sp³-hybridized carbons (Fsp3) is 0.333. The number of piperidine rings is 1. The van der Waals surface area contributed by atoms with Gasteiger partial charge in [-0.05, 0) is 55.6 Å². The SMILES string of the molecule is O=C(NC[C@@H]1CCCN(Cc2ccco2)C1)Nc1ccccc1-n1cccn1. The summed E-state index contributed by atoms with van der Waals surface area (Å²) >= 11 is 0. The van der Waals surface area contributed by atoms with E-state index in [4.69, 9.17) is 4.42 Å². The number of furan rings is 1. The van der Waals surface area contributed by atoms with Crippen molar-refractivity contribution in [3.63, 3.8) is 0 Å². The lowest BCUT2D eigenvalue weighted by Crippen LogP contribution is -2.41. The number of nitrogens with zero attached hydrogens (tertiary/aromatic N) is 3. The number of likely N-dealkylation sites (tertiary alicyclic amines) is 1. The number of anilines is 1. The van der Waals surface area contributed by atoms with E-state index in [-0.39, 0.29) is 6.03 Å². The molecule has 28 heavy (non-hydrogen) atoms. The normalized spacial score (nSPS) is 17.4. The smallest absolute Gasteiger partial charge is 0.319 e. The summed E-state index contributed by atoms with van der Waals surface area (Å²) < 4.78 is 7.19. The number of aromatic nitrogens is 2. The van der Waals surface area contributed by atoms with Crippen molar-refractivity contribution < 1.29 is 9.21 Å². The third-order valence-corrected chi connectivity index (χ3v) is 5.02. The number of nitrogens with one attached hydrogen (secondary N) is 2. The molecule has 2 aromatic heterocycles. The van der Waals surface area contributed by atoms with E-state index >= 15 is 0 Å². The van der Waals surface area contributed by atoms with E-state index in [1.54, 1.807) is 17.1 Å². The standard InChI is InChI=1S/C21H25N5O2/c27-21(24-19-8-1-2-9-20(19)26-12-5-10-23-26)22-14-17-6-3-11-25(15-17)16-18-7-4-13-28-18/h1-2,4-5,7-10,12-13,17H,3,6,11,14-16H2,(H2,22,24,27)/t17-/m0/s1. The first-order chi connectivity index (χ1) is 13.8. The van der Waals surface area contributed by atoms with Crippen molar-refractivity contribution in [1.29, 1.82) is 0 Å². The molecule has 7 heteroatoms. The average Bonchev–Trinajstić information content (AvgIpc) is 3.41. The van der Waals surface area contributed by atoms with Crippen molar-refractivity contribution in [3.05, 3.63) is 66.9 Å². The van der Waals surface area contributed by atoms with Gasteiger partial charge in [-0.2, -0.15) is 5.10 Å². The van der Waals surface area contributed by atoms with Gasteiger partial charge < -0.3 is 15.1 Å². The highest BCUT2D eigenvalue weighted by Crippen LogP contribution is 2.20. The van der Waals surface area contributed by atoms with Crippen molar-refractivity contribution in [2.75, 3.05) is 25.0 Å². The molecule has 1 aliphatic rings. The molecule has 0 spiro atoms. The molecule has 3 heterocycles. The van der Waals surface area contributed by atoms with Crippen molar-refractivity contribution in [1.82, 2.24) is 20.0 Å². The van der Waals surface area contributed by atoms with Crippen LogP contribution in [0.1, 0.15) is 18.6 Å². The summed E-state index contributed by atoms with van der Waals surface area (Å²) in [5.74, 6) is 1.43. The highest BCUT2D eigenvalue weighted by molar-refractivity contribution is 5.91. The van der Waals surface area contributed by atoms with Crippen molar-refractivity contribution in [3.8, 4) is 5.69 Å². The number of amides is 2. The zero-order valence-electron chi connectivity index (χ0n) is 15.8. The summed E-state index contributed by atoms with van der Waals surface area (Å²) in [7, 11) is 0. The second-order valence-electron chi connectivity index (χ2n) is 7.13. The Morgan fingerprint density at radius 1 is 1.21 bits per heavy atom. The zero-order chi connectivity index (χ0) is 19.2. The molecule has 4 rings (SSSR count). The largest absolute Gasteiger partial charge is 0.468 e. The Bertz CT molecular complexity index is 876. The lowest BCUT2D eigenvalue weighted by atomic mass is 9.98. The fourth-order valence-electron chi connectivity index (χ4n) is 3.68. The predicted octanol–water partition coefficient (Wildman–Crippen LogP) is 3.50. The molecule has 1 fully saturated rings. The number of carbonyl (C=O) groups is 1. The molecule has 0 bridgehead atoms. The maximum atomic E-state index is 12.4. The van der Waals surface area contributed by atoms with Crippen LogP contribution in [0.5, 0.6) is 0 Å². The first-order valence-electron chi connectivity index (χ1n) is 9.66. The Morgan fingerprint density at radius 3 is 2.96 bits per heavy atom. The van der Waals surface area contributed by atoms with E-state index in [1.165, 1.54) is 0 Å². The predicted molar refractivity (Wildman–Crippen MR) is 107 cm³/mol. The van der Waals surface area contributed by atoms with E-state index in [0.29, 0.717) is 12.5 Å². The molecule has 0 unspecified atom stereocenters. The van der Waals surface area contributed by atoms with Gasteiger partial charge in [-0.25, -0.2) is 9.48 Å². The number of hydrogen-bond acceptors (Lipinski definition) is 4. The lowest BCUT2D eigenvalue weighted by molar-refractivity contribution is 0.156. The van der Waals surface area contributed by atoms with Crippen LogP contribution in [0, 0.1) is 5.92 Å². The van der Waals surface area contributed by atoms with Crippen LogP contribution in [0.3, 0.4) is 0 Å². The third-order valence-electron chi connectivity index (χ3n) is 5.02. The molecule has 7 nitrogen and oxygen atoms in total. The number of benzene rings is 1. The lowest BCUT2D eigenvalue weighted by Gasteiger charge is -2.32. The molecule has 1 aliphatic heterocycles. The van der Waals surface area contributed by atoms with Gasteiger partial charge in [0.15, 0.2) is 0 Å². The van der Waals surface area contributed by atoms with Gasteiger partial charge in [0.1, 0.15) is 5.76 Å². The number of urea groups is 1. The van der Waals surface area contributed by atoms with Gasteiger partial charge in [0, 0.05) is 25.5 Å². The van der Waals surface area contributed by atoms with Crippen LogP contribution in [-0.4, -0.2) is 40.3 Å². The molecule has 0 radical (unpaired) electrons. The molecule has 0 aliphatic carbocycles. The third kappa shape index (κ3) is 4.61. The molecule has 2 N–H and O–H groups in total. The number of para-hydroxylation sites is 2. The van der Waals surface area contributed by atoms with Gasteiger partial charge in [-0.3, -0.25) is 4.90 Å². The van der Waals surface area contributed by atoms with Crippen LogP contribution in [-0.2, 0) is 6.54 Å². The summed E-state index contributed by atoms with van der Waals surface area (Å²) in [5.41, 5.74) is 1.57. The van der Waals surface area contributed by atoms with Gasteiger partial charge in [0.25, 0.3) is 0 Å². The Labute approximate surface area is 164 Å². The van der Waals surface area contributed by atoms with Crippen LogP contribution in [0.15, 0.2) is 65.5 Å². The minimum atomic E-state index is -0.192. The second-order valence-corrected chi connectivity index (χ2v) is 7.13. The van der Waals surface area contributed by atoms with Crippen LogP contribution < -0.4 is 10.6 Å². The molecule has 3 aromatic rings. The molecule has 1 saturated heterocycles. The van der Waals surface area contributed by atoms with E-state index < -0.39 is 0 Å². The summed E-state index contributed by atoms with van der Waals surface area (Å²) in [6.07, 6.45) is 7.54. The van der Waals surface area contributed by atoms with Crippen LogP contribution in [0.25, 0.3) is 5.69 Å². The van der Waals surface area contributed by atoms with Gasteiger partial charge in [-0.15, -0.1) is 0 Å². The number of carbonyl (C=O) groups excluding carboxylic acids is 1. The number of hydrogen-bond donors (Lipinski definition) is 2. The Hall–Kier alpha value is -3.06. The van der Waals surface area contributed by atoms with Crippen LogP contribution in [0.2, 0.25) is 0 Å². The van der Waals surface area contributed by atoms with E-state index in [9.17, 15) is 4.79 Å². The maximum Gasteiger partial charge on any atom is 0.319 e. The Kier molecular flexibility index (Phi) is 5.72. The molecule has 0 saturated carbocycles. The van der Waals surface area contributed by atoms with Gasteiger partial charge in [0.2, 0.25) is 0 Å². The Balaban J connectivity index is 1.29. The molecular weight excluding hydrogens is 354 g/mol. The monoisotopic (exact) mass is 379 g/mol. The van der Waals surface area contributed by atoms with Gasteiger partial charge in [0.05, 0.1) is 24.2 Å². The summed E-state index contributed by atoms with van der Waals surface area (Å²) in [6, 6.07) is 13.2. The zero-order valence-corrected chi connectivity index (χ0v) is 15.8. The molecule has 2 amide bonds. The fourth-order valence-corrected chi connectivity index (χ4v) is 3.68.